The first-order valence-corrected chi connectivity index (χ1v) is 5.14. The number of hydrogen-bond donors (Lipinski definition) is 2. The molecule has 5 nitrogen and oxygen atoms in total. The molecule has 0 aromatic carbocycles. The molecule has 2 N–H and O–H groups in total. The molecule has 0 amide bonds. The smallest absolute Gasteiger partial charge is 0.335 e. The fourth-order valence-corrected chi connectivity index (χ4v) is 1.26. The van der Waals surface area contributed by atoms with Crippen molar-refractivity contribution >= 4 is 11.8 Å². The van der Waals surface area contributed by atoms with Crippen molar-refractivity contribution in [2.75, 3.05) is 25.6 Å². The molecule has 0 spiro atoms. The van der Waals surface area contributed by atoms with Crippen molar-refractivity contribution in [3.8, 4) is 0 Å². The molecule has 0 saturated carbocycles. The van der Waals surface area contributed by atoms with Crippen LogP contribution in [0.4, 0.5) is 5.82 Å². The molecule has 88 valence electrons. The first-order chi connectivity index (χ1) is 7.67. The molecule has 1 aromatic heterocycles. The summed E-state index contributed by atoms with van der Waals surface area (Å²) in [5.41, 5.74) is 1.02. The Kier molecular flexibility index (Phi) is 4.72. The second kappa shape index (κ2) is 6.07. The van der Waals surface area contributed by atoms with Crippen molar-refractivity contribution < 1.29 is 14.6 Å². The van der Waals surface area contributed by atoms with Crippen LogP contribution in [0.1, 0.15) is 23.0 Å². The molecule has 0 atom stereocenters. The van der Waals surface area contributed by atoms with Gasteiger partial charge in [-0.3, -0.25) is 0 Å². The first-order valence-electron chi connectivity index (χ1n) is 5.14. The molecule has 16 heavy (non-hydrogen) atoms. The maximum atomic E-state index is 10.9. The van der Waals surface area contributed by atoms with Crippen LogP contribution in [0.3, 0.4) is 0 Å². The topological polar surface area (TPSA) is 71.5 Å². The SMILES string of the molecule is CCc1cc(C(=O)O)cc(NCCOC)n1. The van der Waals surface area contributed by atoms with Crippen molar-refractivity contribution in [2.24, 2.45) is 0 Å². The van der Waals surface area contributed by atoms with Gasteiger partial charge in [-0.1, -0.05) is 6.92 Å². The number of aromatic carboxylic acids is 1. The molecule has 1 heterocycles. The standard InChI is InChI=1S/C11H16N2O3/c1-3-9-6-8(11(14)15)7-10(13-9)12-4-5-16-2/h6-7H,3-5H2,1-2H3,(H,12,13)(H,14,15). The fourth-order valence-electron chi connectivity index (χ4n) is 1.26. The van der Waals surface area contributed by atoms with Crippen LogP contribution in [0, 0.1) is 0 Å². The van der Waals surface area contributed by atoms with Gasteiger partial charge in [0.15, 0.2) is 0 Å². The molecule has 0 radical (unpaired) electrons. The zero-order chi connectivity index (χ0) is 12.0. The zero-order valence-corrected chi connectivity index (χ0v) is 9.49. The van der Waals surface area contributed by atoms with Gasteiger partial charge < -0.3 is 15.2 Å². The van der Waals surface area contributed by atoms with Crippen LogP contribution < -0.4 is 5.32 Å². The summed E-state index contributed by atoms with van der Waals surface area (Å²) < 4.78 is 4.89. The number of methoxy groups -OCH3 is 1. The molecule has 5 heteroatoms. The van der Waals surface area contributed by atoms with Crippen molar-refractivity contribution in [1.82, 2.24) is 4.98 Å². The highest BCUT2D eigenvalue weighted by Gasteiger charge is 2.07. The van der Waals surface area contributed by atoms with Crippen LogP contribution in [0.15, 0.2) is 12.1 Å². The fraction of sp³-hybridized carbons (Fsp3) is 0.455. The van der Waals surface area contributed by atoms with Crippen LogP contribution in [0.25, 0.3) is 0 Å². The van der Waals surface area contributed by atoms with E-state index in [2.05, 4.69) is 10.3 Å². The van der Waals surface area contributed by atoms with E-state index in [0.29, 0.717) is 25.4 Å². The summed E-state index contributed by atoms with van der Waals surface area (Å²) in [6, 6.07) is 3.11. The Hall–Kier alpha value is -1.62. The van der Waals surface area contributed by atoms with Gasteiger partial charge >= 0.3 is 5.97 Å². The minimum absolute atomic E-state index is 0.256. The Morgan fingerprint density at radius 3 is 2.88 bits per heavy atom. The Bertz CT molecular complexity index is 366. The highest BCUT2D eigenvalue weighted by atomic mass is 16.5. The number of nitrogens with zero attached hydrogens (tertiary/aromatic N) is 1. The molecule has 1 aromatic rings. The van der Waals surface area contributed by atoms with Crippen molar-refractivity contribution in [1.29, 1.82) is 0 Å². The normalized spacial score (nSPS) is 10.1. The van der Waals surface area contributed by atoms with Gasteiger partial charge in [-0.25, -0.2) is 9.78 Å². The van der Waals surface area contributed by atoms with Crippen LogP contribution in [0.2, 0.25) is 0 Å². The number of nitrogens with one attached hydrogen (secondary N) is 1. The number of carbonyl (C=O) groups is 1. The summed E-state index contributed by atoms with van der Waals surface area (Å²) in [7, 11) is 1.61. The third-order valence-corrected chi connectivity index (χ3v) is 2.10. The number of carboxylic acids is 1. The average Bonchev–Trinajstić information content (AvgIpc) is 2.29. The summed E-state index contributed by atoms with van der Waals surface area (Å²) in [5.74, 6) is -0.360. The maximum absolute atomic E-state index is 10.9. The maximum Gasteiger partial charge on any atom is 0.335 e. The molecular formula is C11H16N2O3. The van der Waals surface area contributed by atoms with Crippen LogP contribution in [-0.4, -0.2) is 36.3 Å². The monoisotopic (exact) mass is 224 g/mol. The molecule has 0 fully saturated rings. The lowest BCUT2D eigenvalue weighted by atomic mass is 10.2. The van der Waals surface area contributed by atoms with Crippen LogP contribution in [0.5, 0.6) is 0 Å². The second-order valence-electron chi connectivity index (χ2n) is 3.31. The van der Waals surface area contributed by atoms with E-state index < -0.39 is 5.97 Å². The number of rotatable bonds is 6. The summed E-state index contributed by atoms with van der Waals surface area (Å²) in [6.07, 6.45) is 0.708. The third kappa shape index (κ3) is 3.51. The quantitative estimate of drug-likeness (QED) is 0.715. The zero-order valence-electron chi connectivity index (χ0n) is 9.49. The number of pyridine rings is 1. The predicted molar refractivity (Wildman–Crippen MR) is 60.9 cm³/mol. The molecule has 0 aliphatic heterocycles. The van der Waals surface area contributed by atoms with E-state index in [1.807, 2.05) is 6.92 Å². The van der Waals surface area contributed by atoms with Gasteiger partial charge in [-0.05, 0) is 18.6 Å². The van der Waals surface area contributed by atoms with Gasteiger partial charge in [0, 0.05) is 19.3 Å². The molecule has 0 unspecified atom stereocenters. The number of carboxylic acid groups (broad SMARTS) is 1. The Morgan fingerprint density at radius 1 is 1.56 bits per heavy atom. The lowest BCUT2D eigenvalue weighted by Gasteiger charge is -2.07. The molecule has 0 aliphatic rings. The lowest BCUT2D eigenvalue weighted by Crippen LogP contribution is -2.11. The highest BCUT2D eigenvalue weighted by Crippen LogP contribution is 2.11. The van der Waals surface area contributed by atoms with E-state index in [-0.39, 0.29) is 5.56 Å². The van der Waals surface area contributed by atoms with E-state index in [1.165, 1.54) is 6.07 Å². The molecule has 0 aliphatic carbocycles. The Morgan fingerprint density at radius 2 is 2.31 bits per heavy atom. The van der Waals surface area contributed by atoms with Crippen molar-refractivity contribution in [3.05, 3.63) is 23.4 Å². The largest absolute Gasteiger partial charge is 0.478 e. The highest BCUT2D eigenvalue weighted by molar-refractivity contribution is 5.88. The number of aromatic nitrogens is 1. The van der Waals surface area contributed by atoms with E-state index in [0.717, 1.165) is 5.69 Å². The lowest BCUT2D eigenvalue weighted by molar-refractivity contribution is 0.0696. The van der Waals surface area contributed by atoms with E-state index in [9.17, 15) is 4.79 Å². The van der Waals surface area contributed by atoms with Gasteiger partial charge in [-0.2, -0.15) is 0 Å². The van der Waals surface area contributed by atoms with E-state index in [1.54, 1.807) is 13.2 Å². The van der Waals surface area contributed by atoms with E-state index >= 15 is 0 Å². The Balaban J connectivity index is 2.82. The minimum atomic E-state index is -0.938. The number of aryl methyl sites for hydroxylation is 1. The first kappa shape index (κ1) is 12.4. The summed E-state index contributed by atoms with van der Waals surface area (Å²) >= 11 is 0. The number of anilines is 1. The van der Waals surface area contributed by atoms with Gasteiger partial charge in [0.05, 0.1) is 12.2 Å². The average molecular weight is 224 g/mol. The van der Waals surface area contributed by atoms with Gasteiger partial charge in [0.2, 0.25) is 0 Å². The summed E-state index contributed by atoms with van der Waals surface area (Å²) in [5, 5.41) is 11.9. The number of ether oxygens (including phenoxy) is 1. The Labute approximate surface area is 94.5 Å². The van der Waals surface area contributed by atoms with Gasteiger partial charge in [0.1, 0.15) is 5.82 Å². The van der Waals surface area contributed by atoms with E-state index in [4.69, 9.17) is 9.84 Å². The number of hydrogen-bond acceptors (Lipinski definition) is 4. The van der Waals surface area contributed by atoms with Crippen molar-refractivity contribution in [2.45, 2.75) is 13.3 Å². The second-order valence-corrected chi connectivity index (χ2v) is 3.31. The van der Waals surface area contributed by atoms with Gasteiger partial charge in [0.25, 0.3) is 0 Å². The third-order valence-electron chi connectivity index (χ3n) is 2.10. The minimum Gasteiger partial charge on any atom is -0.478 e. The predicted octanol–water partition coefficient (Wildman–Crippen LogP) is 1.40. The molecule has 1 rings (SSSR count). The van der Waals surface area contributed by atoms with Crippen LogP contribution >= 0.6 is 0 Å². The van der Waals surface area contributed by atoms with Gasteiger partial charge in [-0.15, -0.1) is 0 Å². The molecule has 0 saturated heterocycles. The molecule has 0 bridgehead atoms. The summed E-state index contributed by atoms with van der Waals surface area (Å²) in [6.45, 7) is 3.10. The molecular weight excluding hydrogens is 208 g/mol. The summed E-state index contributed by atoms with van der Waals surface area (Å²) in [4.78, 5) is 15.1. The van der Waals surface area contributed by atoms with Crippen LogP contribution in [-0.2, 0) is 11.2 Å². The van der Waals surface area contributed by atoms with Crippen molar-refractivity contribution in [3.63, 3.8) is 0 Å².